The van der Waals surface area contributed by atoms with Crippen molar-refractivity contribution < 1.29 is 4.79 Å². The van der Waals surface area contributed by atoms with Gasteiger partial charge in [0, 0.05) is 31.6 Å². The van der Waals surface area contributed by atoms with Crippen LogP contribution in [0.15, 0.2) is 30.3 Å². The summed E-state index contributed by atoms with van der Waals surface area (Å²) in [6.07, 6.45) is 1.05. The molecule has 0 bridgehead atoms. The van der Waals surface area contributed by atoms with Crippen LogP contribution in [0.25, 0.3) is 0 Å². The van der Waals surface area contributed by atoms with Crippen molar-refractivity contribution in [2.75, 3.05) is 33.7 Å². The molecule has 4 nitrogen and oxygen atoms in total. The molecule has 1 N–H and O–H groups in total. The molecule has 1 aromatic carbocycles. The van der Waals surface area contributed by atoms with Gasteiger partial charge in [0.2, 0.25) is 0 Å². The van der Waals surface area contributed by atoms with Crippen LogP contribution in [0.3, 0.4) is 0 Å². The third kappa shape index (κ3) is 5.02. The van der Waals surface area contributed by atoms with E-state index in [4.69, 9.17) is 0 Å². The van der Waals surface area contributed by atoms with Crippen LogP contribution in [0, 0.1) is 5.92 Å². The summed E-state index contributed by atoms with van der Waals surface area (Å²) in [5.74, 6) is 0.969. The molecular formula is C18H29N3O. The minimum Gasteiger partial charge on any atom is -0.335 e. The Balaban J connectivity index is 1.86. The van der Waals surface area contributed by atoms with Crippen LogP contribution in [0.1, 0.15) is 31.7 Å². The van der Waals surface area contributed by atoms with Crippen molar-refractivity contribution in [2.24, 2.45) is 5.92 Å². The number of rotatable bonds is 7. The molecule has 0 radical (unpaired) electrons. The lowest BCUT2D eigenvalue weighted by molar-refractivity contribution is 0.183. The standard InChI is InChI=1S/C18H29N3O/c1-14(2)13-21(11-10-20(3)4)18(22)19-17-12-16(17)15-8-6-5-7-9-15/h5-9,14,16-17H,10-13H2,1-4H3,(H,19,22). The van der Waals surface area contributed by atoms with E-state index < -0.39 is 0 Å². The maximum Gasteiger partial charge on any atom is 0.317 e. The van der Waals surface area contributed by atoms with Gasteiger partial charge < -0.3 is 15.1 Å². The van der Waals surface area contributed by atoms with Crippen molar-refractivity contribution in [3.05, 3.63) is 35.9 Å². The van der Waals surface area contributed by atoms with E-state index in [2.05, 4.69) is 48.3 Å². The third-order valence-electron chi connectivity index (χ3n) is 4.02. The summed E-state index contributed by atoms with van der Waals surface area (Å²) in [6, 6.07) is 10.8. The van der Waals surface area contributed by atoms with Crippen LogP contribution < -0.4 is 5.32 Å². The summed E-state index contributed by atoms with van der Waals surface area (Å²) in [5, 5.41) is 3.20. The first-order chi connectivity index (χ1) is 10.5. The topological polar surface area (TPSA) is 35.6 Å². The molecule has 4 heteroatoms. The normalized spacial score (nSPS) is 20.3. The minimum absolute atomic E-state index is 0.0824. The monoisotopic (exact) mass is 303 g/mol. The number of likely N-dealkylation sites (N-methyl/N-ethyl adjacent to an activating group) is 1. The largest absolute Gasteiger partial charge is 0.335 e. The van der Waals surface area contributed by atoms with Crippen LogP contribution in [-0.4, -0.2) is 55.6 Å². The number of carbonyl (C=O) groups excluding carboxylic acids is 1. The minimum atomic E-state index is 0.0824. The fourth-order valence-electron chi connectivity index (χ4n) is 2.71. The zero-order valence-electron chi connectivity index (χ0n) is 14.2. The highest BCUT2D eigenvalue weighted by atomic mass is 16.2. The van der Waals surface area contributed by atoms with Crippen LogP contribution in [-0.2, 0) is 0 Å². The molecule has 2 atom stereocenters. The van der Waals surface area contributed by atoms with E-state index in [0.29, 0.717) is 17.9 Å². The molecule has 1 aliphatic rings. The summed E-state index contributed by atoms with van der Waals surface area (Å²) < 4.78 is 0. The Kier molecular flexibility index (Phi) is 5.83. The molecule has 22 heavy (non-hydrogen) atoms. The maximum absolute atomic E-state index is 12.5. The molecular weight excluding hydrogens is 274 g/mol. The first-order valence-corrected chi connectivity index (χ1v) is 8.22. The van der Waals surface area contributed by atoms with Crippen molar-refractivity contribution in [3.63, 3.8) is 0 Å². The zero-order valence-corrected chi connectivity index (χ0v) is 14.2. The Morgan fingerprint density at radius 3 is 2.50 bits per heavy atom. The summed E-state index contributed by atoms with van der Waals surface area (Å²) in [4.78, 5) is 16.6. The maximum atomic E-state index is 12.5. The average Bonchev–Trinajstić information content (AvgIpc) is 3.23. The SMILES string of the molecule is CC(C)CN(CCN(C)C)C(=O)NC1CC1c1ccccc1. The van der Waals surface area contributed by atoms with E-state index in [1.165, 1.54) is 5.56 Å². The van der Waals surface area contributed by atoms with E-state index in [1.807, 2.05) is 25.1 Å². The highest BCUT2D eigenvalue weighted by Gasteiger charge is 2.40. The van der Waals surface area contributed by atoms with Crippen molar-refractivity contribution in [3.8, 4) is 0 Å². The molecule has 2 unspecified atom stereocenters. The van der Waals surface area contributed by atoms with Crippen molar-refractivity contribution in [1.29, 1.82) is 0 Å². The lowest BCUT2D eigenvalue weighted by atomic mass is 10.1. The van der Waals surface area contributed by atoms with Crippen LogP contribution >= 0.6 is 0 Å². The predicted octanol–water partition coefficient (Wildman–Crippen LogP) is 2.77. The van der Waals surface area contributed by atoms with Crippen molar-refractivity contribution >= 4 is 6.03 Å². The number of amides is 2. The molecule has 1 aromatic rings. The van der Waals surface area contributed by atoms with Crippen LogP contribution in [0.2, 0.25) is 0 Å². The Morgan fingerprint density at radius 2 is 1.91 bits per heavy atom. The van der Waals surface area contributed by atoms with Gasteiger partial charge in [-0.05, 0) is 32.0 Å². The first-order valence-electron chi connectivity index (χ1n) is 8.22. The van der Waals surface area contributed by atoms with Gasteiger partial charge in [-0.2, -0.15) is 0 Å². The third-order valence-corrected chi connectivity index (χ3v) is 4.02. The van der Waals surface area contributed by atoms with Crippen molar-refractivity contribution in [2.45, 2.75) is 32.2 Å². The molecule has 0 aliphatic heterocycles. The number of carbonyl (C=O) groups is 1. The molecule has 0 heterocycles. The Hall–Kier alpha value is -1.55. The van der Waals surface area contributed by atoms with E-state index in [0.717, 1.165) is 26.1 Å². The highest BCUT2D eigenvalue weighted by molar-refractivity contribution is 5.75. The number of nitrogens with zero attached hydrogens (tertiary/aromatic N) is 2. The van der Waals surface area contributed by atoms with Gasteiger partial charge in [-0.1, -0.05) is 44.2 Å². The zero-order chi connectivity index (χ0) is 16.1. The number of hydrogen-bond donors (Lipinski definition) is 1. The van der Waals surface area contributed by atoms with Gasteiger partial charge in [0.15, 0.2) is 0 Å². The van der Waals surface area contributed by atoms with Crippen LogP contribution in [0.5, 0.6) is 0 Å². The summed E-state index contributed by atoms with van der Waals surface area (Å²) in [7, 11) is 4.08. The highest BCUT2D eigenvalue weighted by Crippen LogP contribution is 2.40. The fraction of sp³-hybridized carbons (Fsp3) is 0.611. The number of urea groups is 1. The van der Waals surface area contributed by atoms with Gasteiger partial charge in [-0.3, -0.25) is 0 Å². The number of nitrogens with one attached hydrogen (secondary N) is 1. The van der Waals surface area contributed by atoms with E-state index in [9.17, 15) is 4.79 Å². The quantitative estimate of drug-likeness (QED) is 0.841. The molecule has 0 saturated heterocycles. The van der Waals surface area contributed by atoms with Gasteiger partial charge in [0.1, 0.15) is 0 Å². The second-order valence-corrected chi connectivity index (χ2v) is 6.95. The number of benzene rings is 1. The van der Waals surface area contributed by atoms with Crippen LogP contribution in [0.4, 0.5) is 4.79 Å². The molecule has 1 fully saturated rings. The van der Waals surface area contributed by atoms with Gasteiger partial charge in [-0.15, -0.1) is 0 Å². The summed E-state index contributed by atoms with van der Waals surface area (Å²) >= 11 is 0. The number of hydrogen-bond acceptors (Lipinski definition) is 2. The molecule has 0 aromatic heterocycles. The van der Waals surface area contributed by atoms with Gasteiger partial charge in [-0.25, -0.2) is 4.79 Å². The Morgan fingerprint density at radius 1 is 1.23 bits per heavy atom. The molecule has 0 spiro atoms. The van der Waals surface area contributed by atoms with Gasteiger partial charge in [0.25, 0.3) is 0 Å². The van der Waals surface area contributed by atoms with E-state index in [-0.39, 0.29) is 6.03 Å². The molecule has 1 saturated carbocycles. The Labute approximate surface area is 134 Å². The molecule has 1 aliphatic carbocycles. The van der Waals surface area contributed by atoms with Crippen molar-refractivity contribution in [1.82, 2.24) is 15.1 Å². The first kappa shape index (κ1) is 16.8. The van der Waals surface area contributed by atoms with Gasteiger partial charge >= 0.3 is 6.03 Å². The van der Waals surface area contributed by atoms with E-state index >= 15 is 0 Å². The average molecular weight is 303 g/mol. The summed E-state index contributed by atoms with van der Waals surface area (Å²) in [5.41, 5.74) is 1.33. The lowest BCUT2D eigenvalue weighted by Crippen LogP contribution is -2.45. The second-order valence-electron chi connectivity index (χ2n) is 6.95. The smallest absolute Gasteiger partial charge is 0.317 e. The second kappa shape index (κ2) is 7.63. The Bertz CT molecular complexity index is 472. The summed E-state index contributed by atoms with van der Waals surface area (Å²) in [6.45, 7) is 6.79. The van der Waals surface area contributed by atoms with E-state index in [1.54, 1.807) is 0 Å². The van der Waals surface area contributed by atoms with Gasteiger partial charge in [0.05, 0.1) is 0 Å². The molecule has 2 rings (SSSR count). The molecule has 2 amide bonds. The fourth-order valence-corrected chi connectivity index (χ4v) is 2.71. The lowest BCUT2D eigenvalue weighted by Gasteiger charge is -2.26. The molecule has 122 valence electrons. The predicted molar refractivity (Wildman–Crippen MR) is 91.1 cm³/mol.